The number of aromatic nitrogens is 3. The van der Waals surface area contributed by atoms with E-state index < -0.39 is 17.2 Å². The molecule has 0 saturated heterocycles. The molecule has 1 N–H and O–H groups in total. The van der Waals surface area contributed by atoms with Crippen molar-refractivity contribution in [3.05, 3.63) is 55.7 Å². The number of rotatable bonds is 5. The molecule has 0 aliphatic carbocycles. The van der Waals surface area contributed by atoms with Crippen LogP contribution in [0.5, 0.6) is 0 Å². The Morgan fingerprint density at radius 1 is 1.38 bits per heavy atom. The normalized spacial score (nSPS) is 11.0. The number of halogens is 1. The van der Waals surface area contributed by atoms with Crippen LogP contribution < -0.4 is 16.7 Å². The third-order valence-corrected chi connectivity index (χ3v) is 4.21. The summed E-state index contributed by atoms with van der Waals surface area (Å²) in [4.78, 5) is 35.2. The molecule has 126 valence electrons. The van der Waals surface area contributed by atoms with Crippen molar-refractivity contribution in [2.24, 2.45) is 19.2 Å². The SMILES string of the molecule is Cn1nc(SCC(=O)N/N=C\c2ccccc2Cl)c(=O)n(C)c1=O. The van der Waals surface area contributed by atoms with Crippen molar-refractivity contribution in [1.82, 2.24) is 19.8 Å². The summed E-state index contributed by atoms with van der Waals surface area (Å²) in [6.07, 6.45) is 1.43. The molecule has 0 spiro atoms. The van der Waals surface area contributed by atoms with Gasteiger partial charge in [-0.25, -0.2) is 14.9 Å². The number of aryl methyl sites for hydroxylation is 1. The Kier molecular flexibility index (Phi) is 5.93. The first-order valence-electron chi connectivity index (χ1n) is 6.73. The third-order valence-electron chi connectivity index (χ3n) is 2.93. The monoisotopic (exact) mass is 367 g/mol. The molecule has 8 nitrogen and oxygen atoms in total. The van der Waals surface area contributed by atoms with Gasteiger partial charge in [-0.1, -0.05) is 41.6 Å². The average molecular weight is 368 g/mol. The van der Waals surface area contributed by atoms with Crippen LogP contribution in [-0.2, 0) is 18.9 Å². The summed E-state index contributed by atoms with van der Waals surface area (Å²) in [5.74, 6) is -0.485. The summed E-state index contributed by atoms with van der Waals surface area (Å²) in [6, 6.07) is 7.05. The first kappa shape index (κ1) is 18.0. The molecule has 0 aliphatic rings. The molecule has 10 heteroatoms. The van der Waals surface area contributed by atoms with Gasteiger partial charge in [0, 0.05) is 24.7 Å². The highest BCUT2D eigenvalue weighted by Gasteiger charge is 2.11. The van der Waals surface area contributed by atoms with Crippen LogP contribution in [0.15, 0.2) is 44.0 Å². The zero-order chi connectivity index (χ0) is 17.7. The first-order valence-corrected chi connectivity index (χ1v) is 8.10. The summed E-state index contributed by atoms with van der Waals surface area (Å²) in [5.41, 5.74) is 1.93. The Hall–Kier alpha value is -2.39. The van der Waals surface area contributed by atoms with Gasteiger partial charge in [-0.2, -0.15) is 10.2 Å². The molecule has 24 heavy (non-hydrogen) atoms. The molecular weight excluding hydrogens is 354 g/mol. The maximum Gasteiger partial charge on any atom is 0.346 e. The highest BCUT2D eigenvalue weighted by molar-refractivity contribution is 7.99. The fraction of sp³-hybridized carbons (Fsp3) is 0.214. The minimum Gasteiger partial charge on any atom is -0.272 e. The quantitative estimate of drug-likeness (QED) is 0.468. The number of thioether (sulfide) groups is 1. The van der Waals surface area contributed by atoms with Crippen LogP contribution in [0.1, 0.15) is 5.56 Å². The van der Waals surface area contributed by atoms with Crippen molar-refractivity contribution in [2.45, 2.75) is 5.03 Å². The zero-order valence-corrected chi connectivity index (χ0v) is 14.5. The number of benzene rings is 1. The molecule has 0 unspecified atom stereocenters. The van der Waals surface area contributed by atoms with Gasteiger partial charge in [-0.05, 0) is 6.07 Å². The van der Waals surface area contributed by atoms with Crippen molar-refractivity contribution in [2.75, 3.05) is 5.75 Å². The summed E-state index contributed by atoms with van der Waals surface area (Å²) in [6.45, 7) is 0. The molecule has 0 radical (unpaired) electrons. The van der Waals surface area contributed by atoms with E-state index in [0.717, 1.165) is 21.0 Å². The van der Waals surface area contributed by atoms with Crippen LogP contribution in [0, 0.1) is 0 Å². The minimum atomic E-state index is -0.546. The van der Waals surface area contributed by atoms with Gasteiger partial charge in [0.2, 0.25) is 5.91 Å². The molecule has 1 aromatic carbocycles. The van der Waals surface area contributed by atoms with Crippen molar-refractivity contribution in [1.29, 1.82) is 0 Å². The van der Waals surface area contributed by atoms with E-state index in [1.807, 2.05) is 0 Å². The van der Waals surface area contributed by atoms with Crippen molar-refractivity contribution < 1.29 is 4.79 Å². The van der Waals surface area contributed by atoms with E-state index in [4.69, 9.17) is 11.6 Å². The second-order valence-corrected chi connectivity index (χ2v) is 6.05. The minimum absolute atomic E-state index is 0.0600. The van der Waals surface area contributed by atoms with Crippen molar-refractivity contribution in [3.8, 4) is 0 Å². The number of hydrogen-bond donors (Lipinski definition) is 1. The Labute approximate surface area is 146 Å². The Balaban J connectivity index is 1.96. The molecule has 1 heterocycles. The van der Waals surface area contributed by atoms with Crippen molar-refractivity contribution in [3.63, 3.8) is 0 Å². The number of nitrogens with one attached hydrogen (secondary N) is 1. The van der Waals surface area contributed by atoms with Gasteiger partial charge >= 0.3 is 5.69 Å². The molecular formula is C14H14ClN5O3S. The largest absolute Gasteiger partial charge is 0.346 e. The van der Waals surface area contributed by atoms with E-state index in [9.17, 15) is 14.4 Å². The lowest BCUT2D eigenvalue weighted by Crippen LogP contribution is -2.39. The first-order chi connectivity index (χ1) is 11.4. The van der Waals surface area contributed by atoms with E-state index >= 15 is 0 Å². The summed E-state index contributed by atoms with van der Waals surface area (Å²) in [5, 5.41) is 8.22. The average Bonchev–Trinajstić information content (AvgIpc) is 2.57. The number of carbonyl (C=O) groups is 1. The molecule has 1 aromatic heterocycles. The van der Waals surface area contributed by atoms with Crippen LogP contribution in [0.3, 0.4) is 0 Å². The Bertz CT molecular complexity index is 906. The number of hydrazone groups is 1. The van der Waals surface area contributed by atoms with Gasteiger partial charge in [0.05, 0.1) is 12.0 Å². The van der Waals surface area contributed by atoms with Crippen LogP contribution in [0.4, 0.5) is 0 Å². The van der Waals surface area contributed by atoms with Gasteiger partial charge in [0.15, 0.2) is 5.03 Å². The lowest BCUT2D eigenvalue weighted by Gasteiger charge is -2.04. The maximum absolute atomic E-state index is 11.9. The topological polar surface area (TPSA) is 98.3 Å². The van der Waals surface area contributed by atoms with Gasteiger partial charge in [0.25, 0.3) is 5.56 Å². The van der Waals surface area contributed by atoms with Crippen LogP contribution >= 0.6 is 23.4 Å². The third kappa shape index (κ3) is 4.33. The number of carbonyl (C=O) groups excluding carboxylic acids is 1. The van der Waals surface area contributed by atoms with E-state index in [1.165, 1.54) is 20.3 Å². The van der Waals surface area contributed by atoms with Gasteiger partial charge in [-0.15, -0.1) is 0 Å². The van der Waals surface area contributed by atoms with E-state index in [-0.39, 0.29) is 10.8 Å². The molecule has 0 saturated carbocycles. The van der Waals surface area contributed by atoms with Crippen LogP contribution in [0.25, 0.3) is 0 Å². The maximum atomic E-state index is 11.9. The fourth-order valence-corrected chi connectivity index (χ4v) is 2.64. The standard InChI is InChI=1S/C14H14ClN5O3S/c1-19-13(22)12(18-20(2)14(19)23)24-8-11(21)17-16-7-9-5-3-4-6-10(9)15/h3-7H,8H2,1-2H3,(H,17,21)/b16-7-. The summed E-state index contributed by atoms with van der Waals surface area (Å²) < 4.78 is 1.97. The number of hydrogen-bond acceptors (Lipinski definition) is 6. The molecule has 0 aliphatic heterocycles. The van der Waals surface area contributed by atoms with Gasteiger partial charge in [0.1, 0.15) is 0 Å². The Morgan fingerprint density at radius 2 is 2.08 bits per heavy atom. The molecule has 0 bridgehead atoms. The van der Waals surface area contributed by atoms with Crippen molar-refractivity contribution >= 4 is 35.5 Å². The highest BCUT2D eigenvalue weighted by Crippen LogP contribution is 2.12. The second-order valence-electron chi connectivity index (χ2n) is 4.68. The summed E-state index contributed by atoms with van der Waals surface area (Å²) >= 11 is 6.88. The van der Waals surface area contributed by atoms with E-state index in [0.29, 0.717) is 10.6 Å². The van der Waals surface area contributed by atoms with E-state index in [2.05, 4.69) is 15.6 Å². The molecule has 1 amide bonds. The lowest BCUT2D eigenvalue weighted by molar-refractivity contribution is -0.118. The predicted octanol–water partition coefficient (Wildman–Crippen LogP) is 0.375. The molecule has 2 rings (SSSR count). The number of amides is 1. The predicted molar refractivity (Wildman–Crippen MR) is 92.6 cm³/mol. The summed E-state index contributed by atoms with van der Waals surface area (Å²) in [7, 11) is 2.78. The lowest BCUT2D eigenvalue weighted by atomic mass is 10.2. The highest BCUT2D eigenvalue weighted by atomic mass is 35.5. The van der Waals surface area contributed by atoms with Crippen LogP contribution in [-0.4, -0.2) is 32.2 Å². The molecule has 0 fully saturated rings. The number of nitrogens with zero attached hydrogens (tertiary/aromatic N) is 4. The molecule has 2 aromatic rings. The van der Waals surface area contributed by atoms with Gasteiger partial charge < -0.3 is 0 Å². The molecule has 0 atom stereocenters. The second kappa shape index (κ2) is 7.93. The Morgan fingerprint density at radius 3 is 2.79 bits per heavy atom. The fourth-order valence-electron chi connectivity index (χ4n) is 1.68. The van der Waals surface area contributed by atoms with Gasteiger partial charge in [-0.3, -0.25) is 14.2 Å². The smallest absolute Gasteiger partial charge is 0.272 e. The zero-order valence-electron chi connectivity index (χ0n) is 12.9. The van der Waals surface area contributed by atoms with E-state index in [1.54, 1.807) is 24.3 Å². The van der Waals surface area contributed by atoms with Crippen LogP contribution in [0.2, 0.25) is 5.02 Å².